The summed E-state index contributed by atoms with van der Waals surface area (Å²) in [6, 6.07) is 75.9. The predicted octanol–water partition coefficient (Wildman–Crippen LogP) is 14.1. The van der Waals surface area contributed by atoms with Gasteiger partial charge in [0.1, 0.15) is 11.5 Å². The lowest BCUT2D eigenvalue weighted by Crippen LogP contribution is -1.93. The highest BCUT2D eigenvalue weighted by Crippen LogP contribution is 2.33. The minimum Gasteiger partial charge on any atom is -0.457 e. The van der Waals surface area contributed by atoms with Crippen LogP contribution in [-0.4, -0.2) is 9.97 Å². The van der Waals surface area contributed by atoms with E-state index >= 15 is 0 Å². The summed E-state index contributed by atoms with van der Waals surface area (Å²) < 4.78 is 6.28. The van der Waals surface area contributed by atoms with Crippen molar-refractivity contribution in [3.63, 3.8) is 0 Å². The first-order valence-corrected chi connectivity index (χ1v) is 19.4. The number of aryl methyl sites for hydroxylation is 2. The maximum absolute atomic E-state index is 6.28. The van der Waals surface area contributed by atoms with E-state index in [9.17, 15) is 0 Å². The molecule has 0 N–H and O–H groups in total. The van der Waals surface area contributed by atoms with Crippen LogP contribution in [0.3, 0.4) is 0 Å². The molecule has 9 aromatic rings. The molecule has 0 fully saturated rings. The van der Waals surface area contributed by atoms with Crippen molar-refractivity contribution >= 4 is 0 Å². The van der Waals surface area contributed by atoms with E-state index in [1.54, 1.807) is 0 Å². The SMILES string of the molecule is c1ccc(-c2cc(-c3ccc(CCc4ccc(Oc5ccc(-c6cc(-c7ccccc7)nc(-c7ccccc7)c6)cc5)cc4)cc3)cc(-c3ccccc3)n2)cc1. The molecule has 272 valence electrons. The van der Waals surface area contributed by atoms with Crippen molar-refractivity contribution in [2.75, 3.05) is 0 Å². The molecule has 0 radical (unpaired) electrons. The lowest BCUT2D eigenvalue weighted by molar-refractivity contribution is 0.482. The van der Waals surface area contributed by atoms with Gasteiger partial charge >= 0.3 is 0 Å². The Morgan fingerprint density at radius 3 is 0.877 bits per heavy atom. The Bertz CT molecular complexity index is 2580. The molecule has 2 heterocycles. The van der Waals surface area contributed by atoms with Crippen LogP contribution in [0.5, 0.6) is 11.5 Å². The average Bonchev–Trinajstić information content (AvgIpc) is 3.30. The summed E-state index contributed by atoms with van der Waals surface area (Å²) >= 11 is 0. The summed E-state index contributed by atoms with van der Waals surface area (Å²) in [5.41, 5.74) is 15.4. The van der Waals surface area contributed by atoms with Gasteiger partial charge in [-0.25, -0.2) is 9.97 Å². The Kier molecular flexibility index (Phi) is 10.3. The van der Waals surface area contributed by atoms with Gasteiger partial charge in [0.2, 0.25) is 0 Å². The Hall–Kier alpha value is -7.36. The Labute approximate surface area is 334 Å². The molecule has 0 aliphatic carbocycles. The van der Waals surface area contributed by atoms with Crippen LogP contribution in [0.25, 0.3) is 67.3 Å². The number of rotatable bonds is 11. The Morgan fingerprint density at radius 1 is 0.263 bits per heavy atom. The molecule has 7 aromatic carbocycles. The van der Waals surface area contributed by atoms with Gasteiger partial charge in [-0.3, -0.25) is 0 Å². The highest BCUT2D eigenvalue weighted by Gasteiger charge is 2.11. The van der Waals surface area contributed by atoms with Crippen LogP contribution in [-0.2, 0) is 12.8 Å². The molecular formula is C54H40N2O. The number of aromatic nitrogens is 2. The van der Waals surface area contributed by atoms with Gasteiger partial charge in [-0.05, 0) is 94.8 Å². The number of nitrogens with zero attached hydrogens (tertiary/aromatic N) is 2. The molecule has 0 bridgehead atoms. The Morgan fingerprint density at radius 2 is 0.544 bits per heavy atom. The molecule has 0 aliphatic heterocycles. The van der Waals surface area contributed by atoms with E-state index in [1.807, 2.05) is 36.4 Å². The van der Waals surface area contributed by atoms with Crippen LogP contribution in [0, 0.1) is 0 Å². The number of pyridine rings is 2. The van der Waals surface area contributed by atoms with Crippen molar-refractivity contribution in [3.8, 4) is 78.8 Å². The molecule has 0 spiro atoms. The van der Waals surface area contributed by atoms with Crippen molar-refractivity contribution in [1.29, 1.82) is 0 Å². The van der Waals surface area contributed by atoms with Crippen LogP contribution in [0.1, 0.15) is 11.1 Å². The summed E-state index contributed by atoms with van der Waals surface area (Å²) in [5, 5.41) is 0. The molecule has 0 amide bonds. The largest absolute Gasteiger partial charge is 0.457 e. The van der Waals surface area contributed by atoms with Gasteiger partial charge in [0.05, 0.1) is 22.8 Å². The monoisotopic (exact) mass is 732 g/mol. The van der Waals surface area contributed by atoms with Crippen molar-refractivity contribution < 1.29 is 4.74 Å². The van der Waals surface area contributed by atoms with E-state index in [2.05, 4.69) is 182 Å². The second-order valence-corrected chi connectivity index (χ2v) is 14.2. The molecule has 2 aromatic heterocycles. The van der Waals surface area contributed by atoms with Gasteiger partial charge in [-0.2, -0.15) is 0 Å². The van der Waals surface area contributed by atoms with E-state index in [0.29, 0.717) is 0 Å². The molecular weight excluding hydrogens is 693 g/mol. The molecule has 3 nitrogen and oxygen atoms in total. The zero-order valence-corrected chi connectivity index (χ0v) is 31.5. The topological polar surface area (TPSA) is 35.0 Å². The van der Waals surface area contributed by atoms with Crippen LogP contribution in [0.4, 0.5) is 0 Å². The Balaban J connectivity index is 0.858. The number of hydrogen-bond donors (Lipinski definition) is 0. The maximum atomic E-state index is 6.28. The van der Waals surface area contributed by atoms with Crippen LogP contribution in [0.15, 0.2) is 218 Å². The second kappa shape index (κ2) is 16.6. The summed E-state index contributed by atoms with van der Waals surface area (Å²) in [6.45, 7) is 0. The summed E-state index contributed by atoms with van der Waals surface area (Å²) in [5.74, 6) is 1.62. The quantitative estimate of drug-likeness (QED) is 0.133. The van der Waals surface area contributed by atoms with E-state index in [4.69, 9.17) is 14.7 Å². The summed E-state index contributed by atoms with van der Waals surface area (Å²) in [4.78, 5) is 10.1. The zero-order chi connectivity index (χ0) is 38.2. The normalized spacial score (nSPS) is 10.9. The fourth-order valence-electron chi connectivity index (χ4n) is 7.15. The lowest BCUT2D eigenvalue weighted by atomic mass is 9.98. The van der Waals surface area contributed by atoms with E-state index in [-0.39, 0.29) is 0 Å². The third-order valence-corrected chi connectivity index (χ3v) is 10.3. The lowest BCUT2D eigenvalue weighted by Gasteiger charge is -2.12. The molecule has 3 heteroatoms. The molecule has 0 unspecified atom stereocenters. The molecule has 0 saturated heterocycles. The van der Waals surface area contributed by atoms with E-state index in [0.717, 1.165) is 86.1 Å². The molecule has 0 aliphatic rings. The van der Waals surface area contributed by atoms with Crippen LogP contribution in [0.2, 0.25) is 0 Å². The summed E-state index contributed by atoms with van der Waals surface area (Å²) in [6.07, 6.45) is 1.90. The minimum atomic E-state index is 0.799. The van der Waals surface area contributed by atoms with Gasteiger partial charge in [0, 0.05) is 22.3 Å². The number of ether oxygens (including phenoxy) is 1. The first kappa shape index (κ1) is 35.3. The predicted molar refractivity (Wildman–Crippen MR) is 235 cm³/mol. The van der Waals surface area contributed by atoms with Gasteiger partial charge < -0.3 is 4.74 Å². The van der Waals surface area contributed by atoms with Gasteiger partial charge in [0.15, 0.2) is 0 Å². The maximum Gasteiger partial charge on any atom is 0.127 e. The van der Waals surface area contributed by atoms with Gasteiger partial charge in [-0.15, -0.1) is 0 Å². The third-order valence-electron chi connectivity index (χ3n) is 10.3. The number of benzene rings is 7. The van der Waals surface area contributed by atoms with Crippen molar-refractivity contribution in [3.05, 3.63) is 230 Å². The zero-order valence-electron chi connectivity index (χ0n) is 31.5. The molecule has 0 atom stereocenters. The van der Waals surface area contributed by atoms with Gasteiger partial charge in [0.25, 0.3) is 0 Å². The van der Waals surface area contributed by atoms with E-state index < -0.39 is 0 Å². The van der Waals surface area contributed by atoms with Crippen molar-refractivity contribution in [1.82, 2.24) is 9.97 Å². The minimum absolute atomic E-state index is 0.799. The third kappa shape index (κ3) is 8.49. The fraction of sp³-hybridized carbons (Fsp3) is 0.0370. The first-order chi connectivity index (χ1) is 28.2. The van der Waals surface area contributed by atoms with Crippen LogP contribution >= 0.6 is 0 Å². The first-order valence-electron chi connectivity index (χ1n) is 19.4. The highest BCUT2D eigenvalue weighted by molar-refractivity contribution is 5.78. The smallest absolute Gasteiger partial charge is 0.127 e. The molecule has 57 heavy (non-hydrogen) atoms. The molecule has 9 rings (SSSR count). The standard InChI is InChI=1S/C54H40N2O/c1-5-13-43(14-6-1)51-35-47(36-52(55-51)44-15-7-2-8-16-44)41-27-23-39(24-28-41)21-22-40-25-31-49(32-26-40)57-50-33-29-42(30-34-50)48-37-53(45-17-9-3-10-18-45)56-54(38-48)46-19-11-4-12-20-46/h1-20,23-38H,21-22H2. The molecule has 0 saturated carbocycles. The average molecular weight is 733 g/mol. The van der Waals surface area contributed by atoms with Crippen LogP contribution < -0.4 is 4.74 Å². The summed E-state index contributed by atoms with van der Waals surface area (Å²) in [7, 11) is 0. The van der Waals surface area contributed by atoms with Crippen molar-refractivity contribution in [2.24, 2.45) is 0 Å². The highest BCUT2D eigenvalue weighted by atomic mass is 16.5. The fourth-order valence-corrected chi connectivity index (χ4v) is 7.15. The second-order valence-electron chi connectivity index (χ2n) is 14.2. The van der Waals surface area contributed by atoms with Crippen molar-refractivity contribution in [2.45, 2.75) is 12.8 Å². The van der Waals surface area contributed by atoms with E-state index in [1.165, 1.54) is 16.7 Å². The van der Waals surface area contributed by atoms with Gasteiger partial charge in [-0.1, -0.05) is 170 Å². The number of hydrogen-bond acceptors (Lipinski definition) is 3.